The highest BCUT2D eigenvalue weighted by atomic mass is 79.9. The Morgan fingerprint density at radius 3 is 2.54 bits per heavy atom. The Morgan fingerprint density at radius 2 is 1.83 bits per heavy atom. The van der Waals surface area contributed by atoms with Crippen molar-refractivity contribution in [2.45, 2.75) is 18.8 Å². The van der Waals surface area contributed by atoms with Crippen LogP contribution in [-0.2, 0) is 11.3 Å². The average molecular weight is 396 g/mol. The molecule has 4 N–H and O–H groups in total. The molecule has 0 saturated heterocycles. The van der Waals surface area contributed by atoms with E-state index in [1.807, 2.05) is 30.3 Å². The van der Waals surface area contributed by atoms with Gasteiger partial charge in [-0.05, 0) is 27.6 Å². The average Bonchev–Trinajstić information content (AvgIpc) is 2.60. The van der Waals surface area contributed by atoms with E-state index in [1.165, 1.54) is 6.07 Å². The zero-order chi connectivity index (χ0) is 17.5. The number of ether oxygens (including phenoxy) is 1. The lowest BCUT2D eigenvalue weighted by molar-refractivity contribution is 0.0179. The molecule has 0 spiro atoms. The van der Waals surface area contributed by atoms with Crippen molar-refractivity contribution in [2.24, 2.45) is 0 Å². The number of carbonyl (C=O) groups excluding carboxylic acids is 1. The number of halogens is 1. The van der Waals surface area contributed by atoms with Crippen LogP contribution in [0.25, 0.3) is 0 Å². The second-order valence-corrected chi connectivity index (χ2v) is 5.93. The Bertz CT molecular complexity index is 680. The van der Waals surface area contributed by atoms with Gasteiger partial charge >= 0.3 is 6.09 Å². The van der Waals surface area contributed by atoms with Gasteiger partial charge in [0.25, 0.3) is 0 Å². The van der Waals surface area contributed by atoms with Crippen molar-refractivity contribution in [1.82, 2.24) is 5.32 Å². The minimum absolute atomic E-state index is 0.0472. The number of aromatic hydroxyl groups is 1. The highest BCUT2D eigenvalue weighted by Crippen LogP contribution is 2.32. The molecule has 2 aromatic carbocycles. The van der Waals surface area contributed by atoms with E-state index in [2.05, 4.69) is 21.2 Å². The molecule has 2 atom stereocenters. The van der Waals surface area contributed by atoms with Crippen molar-refractivity contribution in [3.8, 4) is 5.75 Å². The number of hydrogen-bond acceptors (Lipinski definition) is 5. The van der Waals surface area contributed by atoms with E-state index < -0.39 is 18.3 Å². The topological polar surface area (TPSA) is 99.0 Å². The summed E-state index contributed by atoms with van der Waals surface area (Å²) in [5, 5.41) is 32.1. The summed E-state index contributed by atoms with van der Waals surface area (Å²) in [4.78, 5) is 11.6. The van der Waals surface area contributed by atoms with Gasteiger partial charge in [-0.1, -0.05) is 42.5 Å². The number of phenols is 1. The fourth-order valence-electron chi connectivity index (χ4n) is 2.05. The van der Waals surface area contributed by atoms with Gasteiger partial charge in [-0.15, -0.1) is 0 Å². The Hall–Kier alpha value is -2.09. The smallest absolute Gasteiger partial charge is 0.407 e. The van der Waals surface area contributed by atoms with E-state index in [4.69, 9.17) is 4.74 Å². The maximum absolute atomic E-state index is 11.6. The number of alkyl carbamates (subject to hydrolysis) is 1. The number of carbonyl (C=O) groups is 1. The third-order valence-corrected chi connectivity index (χ3v) is 4.22. The molecule has 6 nitrogen and oxygen atoms in total. The molecular weight excluding hydrogens is 378 g/mol. The predicted molar refractivity (Wildman–Crippen MR) is 91.4 cm³/mol. The van der Waals surface area contributed by atoms with Gasteiger partial charge in [0.15, 0.2) is 0 Å². The molecule has 0 aliphatic carbocycles. The van der Waals surface area contributed by atoms with Gasteiger partial charge < -0.3 is 25.4 Å². The Labute approximate surface area is 147 Å². The predicted octanol–water partition coefficient (Wildman–Crippen LogP) is 2.48. The van der Waals surface area contributed by atoms with Crippen LogP contribution in [0.2, 0.25) is 0 Å². The summed E-state index contributed by atoms with van der Waals surface area (Å²) in [7, 11) is 0. The molecule has 0 fully saturated rings. The number of hydrogen-bond donors (Lipinski definition) is 4. The number of phenolic OH excluding ortho intramolecular Hbond substituents is 1. The number of rotatable bonds is 6. The first-order valence-electron chi connectivity index (χ1n) is 7.27. The van der Waals surface area contributed by atoms with Crippen molar-refractivity contribution in [3.63, 3.8) is 0 Å². The SMILES string of the molecule is O=C(NCC(O)C(O)c1cccc(O)c1Br)OCc1ccccc1. The van der Waals surface area contributed by atoms with E-state index in [1.54, 1.807) is 12.1 Å². The summed E-state index contributed by atoms with van der Waals surface area (Å²) >= 11 is 3.15. The van der Waals surface area contributed by atoms with Crippen LogP contribution in [0, 0.1) is 0 Å². The van der Waals surface area contributed by atoms with Crippen molar-refractivity contribution >= 4 is 22.0 Å². The van der Waals surface area contributed by atoms with Crippen LogP contribution in [0.15, 0.2) is 53.0 Å². The lowest BCUT2D eigenvalue weighted by atomic mass is 10.0. The van der Waals surface area contributed by atoms with Crippen molar-refractivity contribution < 1.29 is 24.9 Å². The van der Waals surface area contributed by atoms with Crippen LogP contribution in [0.3, 0.4) is 0 Å². The fraction of sp³-hybridized carbons (Fsp3) is 0.235. The van der Waals surface area contributed by atoms with Crippen LogP contribution < -0.4 is 5.32 Å². The van der Waals surface area contributed by atoms with E-state index in [0.717, 1.165) is 5.56 Å². The van der Waals surface area contributed by atoms with Crippen molar-refractivity contribution in [2.75, 3.05) is 6.54 Å². The summed E-state index contributed by atoms with van der Waals surface area (Å²) < 4.78 is 5.31. The maximum atomic E-state index is 11.6. The summed E-state index contributed by atoms with van der Waals surface area (Å²) in [6.45, 7) is -0.0830. The first-order valence-corrected chi connectivity index (χ1v) is 8.06. The van der Waals surface area contributed by atoms with E-state index in [9.17, 15) is 20.1 Å². The summed E-state index contributed by atoms with van der Waals surface area (Å²) in [5.41, 5.74) is 1.17. The van der Waals surface area contributed by atoms with E-state index >= 15 is 0 Å². The van der Waals surface area contributed by atoms with Gasteiger partial charge in [-0.2, -0.15) is 0 Å². The standard InChI is InChI=1S/C17H18BrNO5/c18-15-12(7-4-8-13(15)20)16(22)14(21)9-19-17(23)24-10-11-5-2-1-3-6-11/h1-8,14,16,20-22H,9-10H2,(H,19,23). The van der Waals surface area contributed by atoms with Crippen LogP contribution in [0.1, 0.15) is 17.2 Å². The van der Waals surface area contributed by atoms with E-state index in [0.29, 0.717) is 10.0 Å². The van der Waals surface area contributed by atoms with Crippen LogP contribution in [0.5, 0.6) is 5.75 Å². The minimum Gasteiger partial charge on any atom is -0.507 e. The van der Waals surface area contributed by atoms with Crippen molar-refractivity contribution in [3.05, 3.63) is 64.1 Å². The molecule has 0 aliphatic heterocycles. The van der Waals surface area contributed by atoms with Gasteiger partial charge in [0.1, 0.15) is 24.6 Å². The Morgan fingerprint density at radius 1 is 1.12 bits per heavy atom. The summed E-state index contributed by atoms with van der Waals surface area (Å²) in [6.07, 6.45) is -3.23. The molecule has 24 heavy (non-hydrogen) atoms. The largest absolute Gasteiger partial charge is 0.507 e. The quantitative estimate of drug-likeness (QED) is 0.602. The number of aliphatic hydroxyl groups is 2. The molecule has 1 amide bonds. The van der Waals surface area contributed by atoms with Gasteiger partial charge in [0, 0.05) is 12.1 Å². The molecule has 128 valence electrons. The highest BCUT2D eigenvalue weighted by Gasteiger charge is 2.22. The maximum Gasteiger partial charge on any atom is 0.407 e. The molecule has 0 aliphatic rings. The van der Waals surface area contributed by atoms with Crippen molar-refractivity contribution in [1.29, 1.82) is 0 Å². The molecule has 0 aromatic heterocycles. The third kappa shape index (κ3) is 4.95. The lowest BCUT2D eigenvalue weighted by Crippen LogP contribution is -2.35. The first kappa shape index (κ1) is 18.3. The van der Waals surface area contributed by atoms with E-state index in [-0.39, 0.29) is 18.9 Å². The zero-order valence-electron chi connectivity index (χ0n) is 12.7. The molecule has 0 bridgehead atoms. The fourth-order valence-corrected chi connectivity index (χ4v) is 2.55. The molecule has 2 aromatic rings. The molecule has 2 unspecified atom stereocenters. The number of aliphatic hydroxyl groups excluding tert-OH is 2. The first-order chi connectivity index (χ1) is 11.5. The molecule has 2 rings (SSSR count). The summed E-state index contributed by atoms with van der Waals surface area (Å²) in [5.74, 6) is -0.0472. The van der Waals surface area contributed by atoms with Gasteiger partial charge in [0.05, 0.1) is 4.47 Å². The molecule has 0 heterocycles. The third-order valence-electron chi connectivity index (χ3n) is 3.36. The summed E-state index contributed by atoms with van der Waals surface area (Å²) in [6, 6.07) is 13.7. The monoisotopic (exact) mass is 395 g/mol. The molecular formula is C17H18BrNO5. The second kappa shape index (κ2) is 8.68. The number of amides is 1. The van der Waals surface area contributed by atoms with Crippen LogP contribution >= 0.6 is 15.9 Å². The zero-order valence-corrected chi connectivity index (χ0v) is 14.3. The van der Waals surface area contributed by atoms with Crippen LogP contribution in [-0.4, -0.2) is 34.1 Å². The highest BCUT2D eigenvalue weighted by molar-refractivity contribution is 9.10. The molecule has 0 radical (unpaired) electrons. The normalized spacial score (nSPS) is 13.1. The van der Waals surface area contributed by atoms with Gasteiger partial charge in [-0.25, -0.2) is 4.79 Å². The Kier molecular flexibility index (Phi) is 6.60. The van der Waals surface area contributed by atoms with Crippen LogP contribution in [0.4, 0.5) is 4.79 Å². The lowest BCUT2D eigenvalue weighted by Gasteiger charge is -2.20. The second-order valence-electron chi connectivity index (χ2n) is 5.14. The van der Waals surface area contributed by atoms with Gasteiger partial charge in [-0.3, -0.25) is 0 Å². The molecule has 0 saturated carbocycles. The number of benzene rings is 2. The van der Waals surface area contributed by atoms with Gasteiger partial charge in [0.2, 0.25) is 0 Å². The Balaban J connectivity index is 1.82. The number of nitrogens with one attached hydrogen (secondary N) is 1. The molecule has 7 heteroatoms. The minimum atomic E-state index is -1.28.